The Balaban J connectivity index is 1.33. The van der Waals surface area contributed by atoms with Gasteiger partial charge in [0, 0.05) is 24.0 Å². The van der Waals surface area contributed by atoms with Gasteiger partial charge in [-0.1, -0.05) is 30.3 Å². The molecule has 1 aromatic carbocycles. The summed E-state index contributed by atoms with van der Waals surface area (Å²) in [7, 11) is 0. The monoisotopic (exact) mass is 447 g/mol. The molecule has 2 atom stereocenters. The predicted octanol–water partition coefficient (Wildman–Crippen LogP) is 1.04. The SMILES string of the molecule is O=C(O)C1[C@@H](C(=O)O)N(C(=O)O)CCN1C(=O)NC12CC(COCc3ccccc3)(C1)C2. The molecule has 1 unspecified atom stereocenters. The Labute approximate surface area is 183 Å². The van der Waals surface area contributed by atoms with Crippen LogP contribution in [0.1, 0.15) is 24.8 Å². The smallest absolute Gasteiger partial charge is 0.408 e. The van der Waals surface area contributed by atoms with Gasteiger partial charge in [-0.25, -0.2) is 19.2 Å². The molecule has 1 aliphatic heterocycles. The first-order chi connectivity index (χ1) is 15.2. The summed E-state index contributed by atoms with van der Waals surface area (Å²) < 4.78 is 5.83. The van der Waals surface area contributed by atoms with Gasteiger partial charge in [-0.15, -0.1) is 0 Å². The first-order valence-corrected chi connectivity index (χ1v) is 10.3. The van der Waals surface area contributed by atoms with Crippen LogP contribution >= 0.6 is 0 Å². The fourth-order valence-electron chi connectivity index (χ4n) is 5.36. The van der Waals surface area contributed by atoms with Gasteiger partial charge < -0.3 is 30.3 Å². The molecule has 3 amide bonds. The Morgan fingerprint density at radius 1 is 0.938 bits per heavy atom. The molecule has 3 aliphatic carbocycles. The second kappa shape index (κ2) is 7.97. The van der Waals surface area contributed by atoms with E-state index in [1.54, 1.807) is 0 Å². The van der Waals surface area contributed by atoms with E-state index in [2.05, 4.69) is 5.32 Å². The molecule has 0 radical (unpaired) electrons. The predicted molar refractivity (Wildman–Crippen MR) is 108 cm³/mol. The molecule has 11 nitrogen and oxygen atoms in total. The third-order valence-electron chi connectivity index (χ3n) is 6.60. The molecule has 172 valence electrons. The maximum absolute atomic E-state index is 12.9. The molecule has 0 spiro atoms. The van der Waals surface area contributed by atoms with E-state index in [0.29, 0.717) is 37.4 Å². The van der Waals surface area contributed by atoms with Gasteiger partial charge in [-0.05, 0) is 24.8 Å². The summed E-state index contributed by atoms with van der Waals surface area (Å²) in [6.45, 7) is 0.580. The van der Waals surface area contributed by atoms with E-state index in [-0.39, 0.29) is 18.5 Å². The number of aliphatic carboxylic acids is 2. The van der Waals surface area contributed by atoms with Crippen LogP contribution < -0.4 is 5.32 Å². The Kier molecular flexibility index (Phi) is 5.45. The Bertz CT molecular complexity index is 916. The molecule has 11 heteroatoms. The average molecular weight is 447 g/mol. The molecule has 4 fully saturated rings. The molecule has 5 rings (SSSR count). The van der Waals surface area contributed by atoms with Crippen LogP contribution in [0, 0.1) is 5.41 Å². The van der Waals surface area contributed by atoms with Gasteiger partial charge in [0.05, 0.1) is 13.2 Å². The fourth-order valence-corrected chi connectivity index (χ4v) is 5.36. The summed E-state index contributed by atoms with van der Waals surface area (Å²) in [6, 6.07) is 5.41. The quantitative estimate of drug-likeness (QED) is 0.483. The highest BCUT2D eigenvalue weighted by Gasteiger charge is 2.69. The van der Waals surface area contributed by atoms with Crippen molar-refractivity contribution in [1.29, 1.82) is 0 Å². The summed E-state index contributed by atoms with van der Waals surface area (Å²) >= 11 is 0. The van der Waals surface area contributed by atoms with Gasteiger partial charge in [-0.3, -0.25) is 4.90 Å². The number of ether oxygens (including phenoxy) is 1. The molecular weight excluding hydrogens is 422 g/mol. The van der Waals surface area contributed by atoms with Gasteiger partial charge in [0.2, 0.25) is 0 Å². The van der Waals surface area contributed by atoms with Crippen LogP contribution in [0.2, 0.25) is 0 Å². The molecule has 2 bridgehead atoms. The zero-order chi connectivity index (χ0) is 23.1. The lowest BCUT2D eigenvalue weighted by Gasteiger charge is -2.70. The summed E-state index contributed by atoms with van der Waals surface area (Å²) in [5, 5.41) is 31.1. The van der Waals surface area contributed by atoms with Crippen molar-refractivity contribution in [3.63, 3.8) is 0 Å². The minimum absolute atomic E-state index is 0.000134. The second-order valence-corrected chi connectivity index (χ2v) is 8.95. The minimum atomic E-state index is -1.88. The van der Waals surface area contributed by atoms with Crippen molar-refractivity contribution >= 4 is 24.1 Å². The molecule has 1 saturated heterocycles. The number of hydrogen-bond acceptors (Lipinski definition) is 5. The largest absolute Gasteiger partial charge is 0.480 e. The van der Waals surface area contributed by atoms with Crippen LogP contribution in [0.3, 0.4) is 0 Å². The van der Waals surface area contributed by atoms with Crippen molar-refractivity contribution in [2.75, 3.05) is 19.7 Å². The highest BCUT2D eigenvalue weighted by atomic mass is 16.5. The summed E-state index contributed by atoms with van der Waals surface area (Å²) in [5.41, 5.74) is 0.633. The van der Waals surface area contributed by atoms with E-state index >= 15 is 0 Å². The van der Waals surface area contributed by atoms with Crippen molar-refractivity contribution in [3.05, 3.63) is 35.9 Å². The van der Waals surface area contributed by atoms with E-state index < -0.39 is 41.7 Å². The number of benzene rings is 1. The first-order valence-electron chi connectivity index (χ1n) is 10.3. The number of carboxylic acid groups (broad SMARTS) is 3. The van der Waals surface area contributed by atoms with Crippen LogP contribution in [0.15, 0.2) is 30.3 Å². The van der Waals surface area contributed by atoms with Crippen molar-refractivity contribution in [3.8, 4) is 0 Å². The highest BCUT2D eigenvalue weighted by molar-refractivity contribution is 5.92. The number of hydrogen-bond donors (Lipinski definition) is 4. The number of carbonyl (C=O) groups excluding carboxylic acids is 1. The molecule has 1 heterocycles. The van der Waals surface area contributed by atoms with Crippen molar-refractivity contribution < 1.29 is 39.2 Å². The molecule has 0 aromatic heterocycles. The Morgan fingerprint density at radius 3 is 2.06 bits per heavy atom. The van der Waals surface area contributed by atoms with Gasteiger partial charge in [0.15, 0.2) is 12.1 Å². The number of carbonyl (C=O) groups is 4. The van der Waals surface area contributed by atoms with E-state index in [1.165, 1.54) is 0 Å². The zero-order valence-corrected chi connectivity index (χ0v) is 17.3. The normalized spacial score (nSPS) is 30.6. The van der Waals surface area contributed by atoms with E-state index in [1.807, 2.05) is 30.3 Å². The van der Waals surface area contributed by atoms with Crippen molar-refractivity contribution in [2.45, 2.75) is 43.5 Å². The fraction of sp³-hybridized carbons (Fsp3) is 0.524. The summed E-state index contributed by atoms with van der Waals surface area (Å²) in [4.78, 5) is 49.1. The minimum Gasteiger partial charge on any atom is -0.480 e. The van der Waals surface area contributed by atoms with Crippen LogP contribution in [0.4, 0.5) is 9.59 Å². The molecule has 1 aromatic rings. The van der Waals surface area contributed by atoms with Gasteiger partial charge in [0.1, 0.15) is 0 Å². The molecule has 3 saturated carbocycles. The third kappa shape index (κ3) is 3.83. The summed E-state index contributed by atoms with van der Waals surface area (Å²) in [5.74, 6) is -3.18. The molecular formula is C21H25N3O8. The van der Waals surface area contributed by atoms with Crippen LogP contribution in [0.25, 0.3) is 0 Å². The molecule has 4 N–H and O–H groups in total. The lowest BCUT2D eigenvalue weighted by atomic mass is 9.39. The van der Waals surface area contributed by atoms with Crippen LogP contribution in [0.5, 0.6) is 0 Å². The topological polar surface area (TPSA) is 157 Å². The average Bonchev–Trinajstić information content (AvgIpc) is 2.70. The van der Waals surface area contributed by atoms with E-state index in [4.69, 9.17) is 4.74 Å². The third-order valence-corrected chi connectivity index (χ3v) is 6.60. The van der Waals surface area contributed by atoms with Crippen molar-refractivity contribution in [1.82, 2.24) is 15.1 Å². The van der Waals surface area contributed by atoms with Gasteiger partial charge in [0.25, 0.3) is 0 Å². The number of nitrogens with one attached hydrogen (secondary N) is 1. The van der Waals surface area contributed by atoms with Gasteiger partial charge in [-0.2, -0.15) is 0 Å². The van der Waals surface area contributed by atoms with Crippen LogP contribution in [-0.4, -0.2) is 86.5 Å². The maximum Gasteiger partial charge on any atom is 0.408 e. The van der Waals surface area contributed by atoms with Crippen molar-refractivity contribution in [2.24, 2.45) is 5.41 Å². The zero-order valence-electron chi connectivity index (χ0n) is 17.3. The molecule has 32 heavy (non-hydrogen) atoms. The van der Waals surface area contributed by atoms with Gasteiger partial charge >= 0.3 is 24.1 Å². The number of amides is 3. The maximum atomic E-state index is 12.9. The summed E-state index contributed by atoms with van der Waals surface area (Å²) in [6.07, 6.45) is 0.571. The highest BCUT2D eigenvalue weighted by Crippen LogP contribution is 2.67. The van der Waals surface area contributed by atoms with E-state index in [9.17, 15) is 34.5 Å². The standard InChI is InChI=1S/C21H25N3O8/c25-16(26)14-15(17(27)28)24(19(30)31)7-6-23(14)18(29)22-21-9-20(10-21,11-21)12-32-8-13-4-2-1-3-5-13/h1-5,14-15H,6-12H2,(H,22,29)(H,25,26)(H,27,28)(H,30,31)/t14?,15-,20?,21?/m0/s1. The molecule has 4 aliphatic rings. The lowest BCUT2D eigenvalue weighted by molar-refractivity contribution is -0.187. The number of piperazine rings is 1. The first kappa shape index (κ1) is 21.9. The van der Waals surface area contributed by atoms with E-state index in [0.717, 1.165) is 10.5 Å². The Hall–Kier alpha value is -3.34. The second-order valence-electron chi connectivity index (χ2n) is 8.95. The van der Waals surface area contributed by atoms with Crippen LogP contribution in [-0.2, 0) is 20.9 Å². The lowest BCUT2D eigenvalue weighted by Crippen LogP contribution is -2.78. The number of urea groups is 1. The Morgan fingerprint density at radius 2 is 1.50 bits per heavy atom. The number of rotatable bonds is 7. The number of carboxylic acids is 2. The number of nitrogens with zero attached hydrogens (tertiary/aromatic N) is 2.